The van der Waals surface area contributed by atoms with Crippen LogP contribution in [-0.2, 0) is 17.3 Å². The molecule has 0 aromatic heterocycles. The van der Waals surface area contributed by atoms with Crippen LogP contribution in [0.5, 0.6) is 5.75 Å². The fraction of sp³-hybridized carbons (Fsp3) is 0.375. The minimum atomic E-state index is -0.613. The van der Waals surface area contributed by atoms with Gasteiger partial charge in [0.15, 0.2) is 0 Å². The maximum atomic E-state index is 11.4. The lowest BCUT2D eigenvalue weighted by molar-refractivity contribution is 0.292. The fourth-order valence-corrected chi connectivity index (χ4v) is 3.85. The Hall–Kier alpha value is -1.39. The lowest BCUT2D eigenvalue weighted by Gasteiger charge is -2.26. The van der Waals surface area contributed by atoms with Gasteiger partial charge in [-0.05, 0) is 17.0 Å². The summed E-state index contributed by atoms with van der Waals surface area (Å²) in [4.78, 5) is 2.38. The van der Waals surface area contributed by atoms with Crippen LogP contribution in [0.4, 0.5) is 0 Å². The number of methoxy groups -OCH3 is 1. The molecule has 0 saturated carbocycles. The molecule has 3 rings (SSSR count). The Morgan fingerprint density at radius 3 is 2.50 bits per heavy atom. The van der Waals surface area contributed by atoms with Crippen LogP contribution in [-0.4, -0.2) is 40.8 Å². The summed E-state index contributed by atoms with van der Waals surface area (Å²) < 4.78 is 16.9. The number of hydrogen-bond donors (Lipinski definition) is 0. The van der Waals surface area contributed by atoms with Gasteiger partial charge < -0.3 is 4.74 Å². The first-order chi connectivity index (χ1) is 9.78. The van der Waals surface area contributed by atoms with E-state index in [0.29, 0.717) is 0 Å². The first kappa shape index (κ1) is 13.6. The van der Waals surface area contributed by atoms with E-state index in [0.717, 1.165) is 42.3 Å². The third-order valence-electron chi connectivity index (χ3n) is 3.86. The Labute approximate surface area is 122 Å². The Morgan fingerprint density at radius 1 is 1.10 bits per heavy atom. The van der Waals surface area contributed by atoms with Crippen LogP contribution < -0.4 is 4.74 Å². The predicted molar refractivity (Wildman–Crippen MR) is 83.7 cm³/mol. The lowest BCUT2D eigenvalue weighted by atomic mass is 10.0. The number of nitrogens with zero attached hydrogens (tertiary/aromatic N) is 1. The molecule has 4 heteroatoms. The van der Waals surface area contributed by atoms with Gasteiger partial charge in [0, 0.05) is 47.3 Å². The monoisotopic (exact) mass is 289 g/mol. The zero-order valence-electron chi connectivity index (χ0n) is 11.7. The molecular weight excluding hydrogens is 270 g/mol. The molecule has 106 valence electrons. The highest BCUT2D eigenvalue weighted by atomic mass is 32.2. The zero-order valence-corrected chi connectivity index (χ0v) is 12.5. The molecule has 20 heavy (non-hydrogen) atoms. The minimum absolute atomic E-state index is 0.613. The van der Waals surface area contributed by atoms with Crippen LogP contribution in [0.15, 0.2) is 36.4 Å². The summed E-state index contributed by atoms with van der Waals surface area (Å²) in [6, 6.07) is 12.5. The molecule has 0 bridgehead atoms. The van der Waals surface area contributed by atoms with E-state index in [1.54, 1.807) is 7.11 Å². The highest BCUT2D eigenvalue weighted by Gasteiger charge is 2.16. The third kappa shape index (κ3) is 2.72. The highest BCUT2D eigenvalue weighted by Crippen LogP contribution is 2.29. The summed E-state index contributed by atoms with van der Waals surface area (Å²) in [6.45, 7) is 2.77. The number of ether oxygens (including phenoxy) is 1. The van der Waals surface area contributed by atoms with Crippen LogP contribution >= 0.6 is 0 Å². The molecule has 0 aliphatic carbocycles. The summed E-state index contributed by atoms with van der Waals surface area (Å²) >= 11 is 0. The topological polar surface area (TPSA) is 29.5 Å². The molecule has 0 unspecified atom stereocenters. The molecule has 1 heterocycles. The van der Waals surface area contributed by atoms with E-state index in [1.165, 1.54) is 10.9 Å². The second-order valence-corrected chi connectivity index (χ2v) is 6.79. The molecule has 0 N–H and O–H groups in total. The van der Waals surface area contributed by atoms with Gasteiger partial charge in [0.05, 0.1) is 7.11 Å². The van der Waals surface area contributed by atoms with Crippen LogP contribution in [0.1, 0.15) is 5.56 Å². The summed E-state index contributed by atoms with van der Waals surface area (Å²) in [5, 5.41) is 2.41. The van der Waals surface area contributed by atoms with E-state index >= 15 is 0 Å². The van der Waals surface area contributed by atoms with Crippen molar-refractivity contribution >= 4 is 21.6 Å². The highest BCUT2D eigenvalue weighted by molar-refractivity contribution is 7.85. The lowest BCUT2D eigenvalue weighted by Crippen LogP contribution is -2.37. The molecular formula is C16H19NO2S. The number of rotatable bonds is 3. The fourth-order valence-electron chi connectivity index (χ4n) is 2.72. The third-order valence-corrected chi connectivity index (χ3v) is 5.13. The van der Waals surface area contributed by atoms with Crippen molar-refractivity contribution in [3.63, 3.8) is 0 Å². The smallest absolute Gasteiger partial charge is 0.126 e. The Bertz CT molecular complexity index is 631. The van der Waals surface area contributed by atoms with Gasteiger partial charge in [-0.1, -0.05) is 30.3 Å². The standard InChI is InChI=1S/C16H19NO2S/c1-19-16-7-6-13(14-4-2-3-5-15(14)16)12-17-8-10-20(18)11-9-17/h2-7H,8-12H2,1H3. The quantitative estimate of drug-likeness (QED) is 0.869. The van der Waals surface area contributed by atoms with E-state index in [9.17, 15) is 4.21 Å². The van der Waals surface area contributed by atoms with Crippen LogP contribution in [0.2, 0.25) is 0 Å². The van der Waals surface area contributed by atoms with E-state index < -0.39 is 10.8 Å². The van der Waals surface area contributed by atoms with Crippen molar-refractivity contribution in [2.24, 2.45) is 0 Å². The molecule has 1 fully saturated rings. The first-order valence-corrected chi connectivity index (χ1v) is 8.38. The first-order valence-electron chi connectivity index (χ1n) is 6.90. The summed E-state index contributed by atoms with van der Waals surface area (Å²) in [6.07, 6.45) is 0. The van der Waals surface area contributed by atoms with Gasteiger partial charge in [0.1, 0.15) is 5.75 Å². The average molecular weight is 289 g/mol. The molecule has 1 aliphatic heterocycles. The van der Waals surface area contributed by atoms with Crippen molar-refractivity contribution < 1.29 is 8.95 Å². The molecule has 3 nitrogen and oxygen atoms in total. The van der Waals surface area contributed by atoms with Gasteiger partial charge >= 0.3 is 0 Å². The molecule has 0 spiro atoms. The van der Waals surface area contributed by atoms with Crippen molar-refractivity contribution in [1.29, 1.82) is 0 Å². The van der Waals surface area contributed by atoms with Crippen molar-refractivity contribution in [2.75, 3.05) is 31.7 Å². The predicted octanol–water partition coefficient (Wildman–Crippen LogP) is 2.41. The second-order valence-electron chi connectivity index (χ2n) is 5.10. The van der Waals surface area contributed by atoms with Gasteiger partial charge in [-0.2, -0.15) is 0 Å². The molecule has 1 saturated heterocycles. The van der Waals surface area contributed by atoms with Crippen LogP contribution in [0, 0.1) is 0 Å². The van der Waals surface area contributed by atoms with Crippen molar-refractivity contribution in [2.45, 2.75) is 6.54 Å². The summed E-state index contributed by atoms with van der Waals surface area (Å²) in [5.41, 5.74) is 1.31. The zero-order chi connectivity index (χ0) is 13.9. The molecule has 2 aromatic rings. The number of hydrogen-bond acceptors (Lipinski definition) is 3. The van der Waals surface area contributed by atoms with Crippen LogP contribution in [0.25, 0.3) is 10.8 Å². The summed E-state index contributed by atoms with van der Waals surface area (Å²) in [7, 11) is 1.10. The van der Waals surface area contributed by atoms with Gasteiger partial charge in [-0.15, -0.1) is 0 Å². The van der Waals surface area contributed by atoms with Gasteiger partial charge in [0.2, 0.25) is 0 Å². The van der Waals surface area contributed by atoms with Crippen molar-refractivity contribution in [1.82, 2.24) is 4.90 Å². The Balaban J connectivity index is 1.90. The van der Waals surface area contributed by atoms with E-state index in [2.05, 4.69) is 29.2 Å². The van der Waals surface area contributed by atoms with Gasteiger partial charge in [-0.3, -0.25) is 9.11 Å². The normalized spacial score (nSPS) is 17.4. The molecule has 0 amide bonds. The Morgan fingerprint density at radius 2 is 1.80 bits per heavy atom. The number of fused-ring (bicyclic) bond motifs is 1. The van der Waals surface area contributed by atoms with Crippen molar-refractivity contribution in [3.05, 3.63) is 42.0 Å². The SMILES string of the molecule is COc1ccc(CN2CCS(=O)CC2)c2ccccc12. The summed E-state index contributed by atoms with van der Waals surface area (Å²) in [5.74, 6) is 2.52. The maximum absolute atomic E-state index is 11.4. The molecule has 0 atom stereocenters. The van der Waals surface area contributed by atoms with Gasteiger partial charge in [-0.25, -0.2) is 0 Å². The van der Waals surface area contributed by atoms with Crippen molar-refractivity contribution in [3.8, 4) is 5.75 Å². The van der Waals surface area contributed by atoms with E-state index in [1.807, 2.05) is 12.1 Å². The number of benzene rings is 2. The van der Waals surface area contributed by atoms with Gasteiger partial charge in [0.25, 0.3) is 0 Å². The van der Waals surface area contributed by atoms with Crippen LogP contribution in [0.3, 0.4) is 0 Å². The van der Waals surface area contributed by atoms with E-state index in [-0.39, 0.29) is 0 Å². The second kappa shape index (κ2) is 5.94. The minimum Gasteiger partial charge on any atom is -0.496 e. The molecule has 1 aliphatic rings. The maximum Gasteiger partial charge on any atom is 0.126 e. The Kier molecular flexibility index (Phi) is 4.03. The molecule has 0 radical (unpaired) electrons. The van der Waals surface area contributed by atoms with E-state index in [4.69, 9.17) is 4.74 Å². The molecule has 2 aromatic carbocycles. The average Bonchev–Trinajstić information content (AvgIpc) is 2.50. The largest absolute Gasteiger partial charge is 0.496 e.